The summed E-state index contributed by atoms with van der Waals surface area (Å²) in [4.78, 5) is 22.0. The molecule has 3 rings (SSSR count). The van der Waals surface area contributed by atoms with Gasteiger partial charge in [-0.25, -0.2) is 9.18 Å². The van der Waals surface area contributed by atoms with E-state index >= 15 is 0 Å². The minimum atomic E-state index is -0.572. The minimum absolute atomic E-state index is 0.176. The molecule has 0 fully saturated rings. The summed E-state index contributed by atoms with van der Waals surface area (Å²) < 4.78 is 19.3. The van der Waals surface area contributed by atoms with Crippen molar-refractivity contribution in [2.75, 3.05) is 0 Å². The molecule has 7 heteroatoms. The smallest absolute Gasteiger partial charge is 0.393 e. The number of allylic oxidation sites excluding steroid dienone is 6. The Hall–Kier alpha value is -3.74. The standard InChI is InChI=1S/C21H19FN4O2/c22-19-8-6-7-17-15-26(16-18(17)19)21(27)28-20-9-2-5-12-23-10-3-1-4-11-24-13-14-25-20/h1-14,25H,15-16H2. The topological polar surface area (TPSA) is 66.3 Å². The van der Waals surface area contributed by atoms with Crippen LogP contribution >= 0.6 is 0 Å². The first kappa shape index (κ1) is 19.0. The molecule has 1 aromatic rings. The van der Waals surface area contributed by atoms with E-state index in [4.69, 9.17) is 4.74 Å². The molecule has 0 bridgehead atoms. The highest BCUT2D eigenvalue weighted by molar-refractivity contribution is 5.73. The number of benzene rings is 1. The van der Waals surface area contributed by atoms with E-state index in [0.717, 1.165) is 5.56 Å². The Labute approximate surface area is 162 Å². The second-order valence-electron chi connectivity index (χ2n) is 5.80. The van der Waals surface area contributed by atoms with Crippen LogP contribution in [0.5, 0.6) is 0 Å². The Morgan fingerprint density at radius 3 is 2.71 bits per heavy atom. The van der Waals surface area contributed by atoms with Crippen molar-refractivity contribution in [1.29, 1.82) is 0 Å². The van der Waals surface area contributed by atoms with Gasteiger partial charge in [0.2, 0.25) is 5.88 Å². The maximum atomic E-state index is 13.9. The van der Waals surface area contributed by atoms with Gasteiger partial charge in [-0.05, 0) is 35.9 Å². The van der Waals surface area contributed by atoms with Crippen molar-refractivity contribution >= 4 is 18.5 Å². The predicted octanol–water partition coefficient (Wildman–Crippen LogP) is 3.96. The number of amides is 1. The molecule has 0 spiro atoms. The largest absolute Gasteiger partial charge is 0.417 e. The summed E-state index contributed by atoms with van der Waals surface area (Å²) in [6.07, 6.45) is 17.6. The second-order valence-corrected chi connectivity index (χ2v) is 5.80. The van der Waals surface area contributed by atoms with Crippen molar-refractivity contribution in [2.45, 2.75) is 13.1 Å². The van der Waals surface area contributed by atoms with Gasteiger partial charge in [-0.2, -0.15) is 0 Å². The average Bonchev–Trinajstić information content (AvgIpc) is 3.12. The molecule has 142 valence electrons. The Balaban J connectivity index is 1.69. The van der Waals surface area contributed by atoms with Gasteiger partial charge >= 0.3 is 6.09 Å². The lowest BCUT2D eigenvalue weighted by Crippen LogP contribution is -2.28. The van der Waals surface area contributed by atoms with Crippen molar-refractivity contribution in [3.05, 3.63) is 96.1 Å². The molecule has 0 aromatic heterocycles. The highest BCUT2D eigenvalue weighted by Crippen LogP contribution is 2.25. The summed E-state index contributed by atoms with van der Waals surface area (Å²) in [5.74, 6) is -0.108. The fourth-order valence-electron chi connectivity index (χ4n) is 2.55. The molecule has 6 nitrogen and oxygen atoms in total. The van der Waals surface area contributed by atoms with Crippen LogP contribution in [0.15, 0.2) is 89.1 Å². The van der Waals surface area contributed by atoms with Gasteiger partial charge < -0.3 is 10.1 Å². The second kappa shape index (κ2) is 9.82. The van der Waals surface area contributed by atoms with Gasteiger partial charge in [0.05, 0.1) is 6.54 Å². The molecule has 0 radical (unpaired) electrons. The van der Waals surface area contributed by atoms with Gasteiger partial charge in [0.1, 0.15) is 5.82 Å². The van der Waals surface area contributed by atoms with Gasteiger partial charge in [-0.3, -0.25) is 14.9 Å². The monoisotopic (exact) mass is 378 g/mol. The van der Waals surface area contributed by atoms with Gasteiger partial charge in [0.25, 0.3) is 0 Å². The SMILES string of the molecule is O=C(OC1=CC=CC=NC=CC=CC=NC=CN1)N1Cc2cccc(F)c2C1. The first-order chi connectivity index (χ1) is 13.7. The quantitative estimate of drug-likeness (QED) is 0.804. The number of rotatable bonds is 1. The molecule has 2 aliphatic heterocycles. The highest BCUT2D eigenvalue weighted by Gasteiger charge is 2.27. The number of nitrogens with one attached hydrogen (secondary N) is 1. The molecule has 1 aromatic carbocycles. The highest BCUT2D eigenvalue weighted by atomic mass is 19.1. The zero-order chi connectivity index (χ0) is 19.6. The van der Waals surface area contributed by atoms with Crippen LogP contribution in [-0.2, 0) is 17.8 Å². The maximum Gasteiger partial charge on any atom is 0.417 e. The molecule has 0 atom stereocenters. The Kier molecular flexibility index (Phi) is 6.67. The van der Waals surface area contributed by atoms with Crippen molar-refractivity contribution in [3.8, 4) is 0 Å². The first-order valence-corrected chi connectivity index (χ1v) is 8.64. The fraction of sp³-hybridized carbons (Fsp3) is 0.0952. The van der Waals surface area contributed by atoms with E-state index < -0.39 is 6.09 Å². The minimum Gasteiger partial charge on any atom is -0.393 e. The lowest BCUT2D eigenvalue weighted by atomic mass is 10.1. The van der Waals surface area contributed by atoms with Crippen LogP contribution in [0.4, 0.5) is 9.18 Å². The molecule has 0 aliphatic carbocycles. The normalized spacial score (nSPS) is 16.2. The van der Waals surface area contributed by atoms with Gasteiger partial charge in [0.15, 0.2) is 0 Å². The van der Waals surface area contributed by atoms with Gasteiger partial charge in [0, 0.05) is 43.1 Å². The number of fused-ring (bicyclic) bond motifs is 1. The van der Waals surface area contributed by atoms with Crippen molar-refractivity contribution < 1.29 is 13.9 Å². The lowest BCUT2D eigenvalue weighted by molar-refractivity contribution is 0.124. The molecule has 1 N–H and O–H groups in total. The molecular formula is C21H19FN4O2. The van der Waals surface area contributed by atoms with Crippen LogP contribution in [0.2, 0.25) is 0 Å². The van der Waals surface area contributed by atoms with Crippen LogP contribution in [0, 0.1) is 5.82 Å². The van der Waals surface area contributed by atoms with Crippen LogP contribution in [0.25, 0.3) is 0 Å². The Bertz CT molecular complexity index is 926. The third-order valence-corrected chi connectivity index (χ3v) is 3.87. The summed E-state index contributed by atoms with van der Waals surface area (Å²) in [5, 5.41) is 2.86. The summed E-state index contributed by atoms with van der Waals surface area (Å²) in [6.45, 7) is 0.482. The molecule has 0 saturated heterocycles. The maximum absolute atomic E-state index is 13.9. The van der Waals surface area contributed by atoms with E-state index in [1.807, 2.05) is 0 Å². The summed E-state index contributed by atoms with van der Waals surface area (Å²) in [6, 6.07) is 4.83. The molecule has 1 amide bonds. The Morgan fingerprint density at radius 1 is 1.04 bits per heavy atom. The average molecular weight is 378 g/mol. The van der Waals surface area contributed by atoms with E-state index in [9.17, 15) is 9.18 Å². The van der Waals surface area contributed by atoms with E-state index in [1.165, 1.54) is 17.2 Å². The van der Waals surface area contributed by atoms with Crippen LogP contribution in [-0.4, -0.2) is 23.4 Å². The molecule has 2 heterocycles. The first-order valence-electron chi connectivity index (χ1n) is 8.64. The molecule has 0 saturated carbocycles. The van der Waals surface area contributed by atoms with Crippen LogP contribution in [0.1, 0.15) is 11.1 Å². The number of nitrogens with zero attached hydrogens (tertiary/aromatic N) is 3. The molecular weight excluding hydrogens is 359 g/mol. The van der Waals surface area contributed by atoms with Crippen molar-refractivity contribution in [1.82, 2.24) is 10.2 Å². The van der Waals surface area contributed by atoms with Gasteiger partial charge in [-0.1, -0.05) is 24.3 Å². The van der Waals surface area contributed by atoms with E-state index in [0.29, 0.717) is 12.1 Å². The van der Waals surface area contributed by atoms with Crippen molar-refractivity contribution in [3.63, 3.8) is 0 Å². The Morgan fingerprint density at radius 2 is 1.86 bits per heavy atom. The number of aliphatic imine (C=N–C) groups is 2. The zero-order valence-electron chi connectivity index (χ0n) is 15.0. The van der Waals surface area contributed by atoms with E-state index in [1.54, 1.807) is 73.4 Å². The number of halogens is 1. The lowest BCUT2D eigenvalue weighted by Gasteiger charge is -2.16. The van der Waals surface area contributed by atoms with Crippen molar-refractivity contribution in [2.24, 2.45) is 9.98 Å². The molecule has 0 unspecified atom stereocenters. The third kappa shape index (κ3) is 5.38. The predicted molar refractivity (Wildman–Crippen MR) is 107 cm³/mol. The van der Waals surface area contributed by atoms with E-state index in [2.05, 4.69) is 15.3 Å². The van der Waals surface area contributed by atoms with Crippen LogP contribution in [0.3, 0.4) is 0 Å². The zero-order valence-corrected chi connectivity index (χ0v) is 15.0. The number of ether oxygens (including phenoxy) is 1. The summed E-state index contributed by atoms with van der Waals surface area (Å²) >= 11 is 0. The molecule has 2 aliphatic rings. The number of carbonyl (C=O) groups excluding carboxylic acids is 1. The fourth-order valence-corrected chi connectivity index (χ4v) is 2.55. The third-order valence-electron chi connectivity index (χ3n) is 3.87. The van der Waals surface area contributed by atoms with Crippen LogP contribution < -0.4 is 5.32 Å². The molecule has 28 heavy (non-hydrogen) atoms. The number of hydrogen-bond donors (Lipinski definition) is 1. The number of hydrogen-bond acceptors (Lipinski definition) is 5. The summed E-state index contributed by atoms with van der Waals surface area (Å²) in [5.41, 5.74) is 1.31. The summed E-state index contributed by atoms with van der Waals surface area (Å²) in [7, 11) is 0. The number of carbonyl (C=O) groups is 1. The van der Waals surface area contributed by atoms with E-state index in [-0.39, 0.29) is 18.2 Å². The van der Waals surface area contributed by atoms with Gasteiger partial charge in [-0.15, -0.1) is 0 Å².